The molecule has 5 heteroatoms. The zero-order chi connectivity index (χ0) is 16.2. The second-order valence-corrected chi connectivity index (χ2v) is 5.14. The van der Waals surface area contributed by atoms with Gasteiger partial charge in [0.25, 0.3) is 0 Å². The maximum Gasteiger partial charge on any atom is 0.116 e. The van der Waals surface area contributed by atoms with Gasteiger partial charge in [-0.3, -0.25) is 4.98 Å². The fourth-order valence-electron chi connectivity index (χ4n) is 2.58. The van der Waals surface area contributed by atoms with Crippen molar-refractivity contribution in [1.29, 1.82) is 0 Å². The number of rotatable bonds is 3. The zero-order valence-corrected chi connectivity index (χ0v) is 12.7. The quantitative estimate of drug-likeness (QED) is 0.577. The molecule has 0 N–H and O–H groups in total. The Bertz CT molecular complexity index is 883. The molecule has 0 amide bonds. The van der Waals surface area contributed by atoms with Gasteiger partial charge in [0.05, 0.1) is 17.0 Å². The van der Waals surface area contributed by atoms with Crippen molar-refractivity contribution in [1.82, 2.24) is 25.1 Å². The van der Waals surface area contributed by atoms with Gasteiger partial charge in [-0.05, 0) is 24.3 Å². The molecule has 0 aliphatic heterocycles. The Labute approximate surface area is 139 Å². The van der Waals surface area contributed by atoms with E-state index in [4.69, 9.17) is 0 Å². The predicted octanol–water partition coefficient (Wildman–Crippen LogP) is 3.66. The summed E-state index contributed by atoms with van der Waals surface area (Å²) in [6, 6.07) is 19.5. The van der Waals surface area contributed by atoms with Crippen LogP contribution < -0.4 is 0 Å². The van der Waals surface area contributed by atoms with Crippen molar-refractivity contribution >= 4 is 0 Å². The molecule has 0 atom stereocenters. The van der Waals surface area contributed by atoms with Gasteiger partial charge in [-0.2, -0.15) is 5.10 Å². The summed E-state index contributed by atoms with van der Waals surface area (Å²) in [5, 5.41) is 8.17. The molecule has 114 valence electrons. The summed E-state index contributed by atoms with van der Waals surface area (Å²) in [7, 11) is 0. The first-order chi connectivity index (χ1) is 11.9. The van der Waals surface area contributed by atoms with Crippen molar-refractivity contribution in [2.24, 2.45) is 0 Å². The molecule has 0 fully saturated rings. The maximum atomic E-state index is 4.51. The summed E-state index contributed by atoms with van der Waals surface area (Å²) in [5.41, 5.74) is 4.89. The van der Waals surface area contributed by atoms with E-state index in [1.165, 1.54) is 0 Å². The van der Waals surface area contributed by atoms with Crippen molar-refractivity contribution in [3.63, 3.8) is 0 Å². The molecule has 0 aliphatic rings. The predicted molar refractivity (Wildman–Crippen MR) is 91.7 cm³/mol. The first-order valence-electron chi connectivity index (χ1n) is 7.53. The van der Waals surface area contributed by atoms with Gasteiger partial charge in [0.2, 0.25) is 0 Å². The van der Waals surface area contributed by atoms with Gasteiger partial charge in [-0.15, -0.1) is 5.10 Å². The minimum absolute atomic E-state index is 0.692. The second kappa shape index (κ2) is 6.34. The van der Waals surface area contributed by atoms with Crippen LogP contribution in [0.3, 0.4) is 0 Å². The van der Waals surface area contributed by atoms with E-state index in [2.05, 4.69) is 25.1 Å². The van der Waals surface area contributed by atoms with Crippen LogP contribution in [0.4, 0.5) is 0 Å². The van der Waals surface area contributed by atoms with Crippen LogP contribution in [0.15, 0.2) is 79.4 Å². The molecular weight excluding hydrogens is 298 g/mol. The van der Waals surface area contributed by atoms with Crippen LogP contribution in [-0.4, -0.2) is 25.1 Å². The summed E-state index contributed by atoms with van der Waals surface area (Å²) in [6.07, 6.45) is 4.96. The average Bonchev–Trinajstić information content (AvgIpc) is 2.69. The molecule has 0 saturated carbocycles. The molecule has 5 nitrogen and oxygen atoms in total. The van der Waals surface area contributed by atoms with E-state index in [0.717, 1.165) is 28.2 Å². The summed E-state index contributed by atoms with van der Waals surface area (Å²) >= 11 is 0. The van der Waals surface area contributed by atoms with E-state index in [1.807, 2.05) is 60.7 Å². The lowest BCUT2D eigenvalue weighted by Crippen LogP contribution is -1.99. The van der Waals surface area contributed by atoms with Crippen molar-refractivity contribution in [3.05, 3.63) is 79.4 Å². The molecule has 24 heavy (non-hydrogen) atoms. The van der Waals surface area contributed by atoms with Crippen LogP contribution in [-0.2, 0) is 0 Å². The van der Waals surface area contributed by atoms with Gasteiger partial charge in [-0.1, -0.05) is 36.4 Å². The molecule has 0 radical (unpaired) electrons. The molecular formula is C19H13N5. The van der Waals surface area contributed by atoms with Crippen molar-refractivity contribution in [2.45, 2.75) is 0 Å². The fourth-order valence-corrected chi connectivity index (χ4v) is 2.58. The number of hydrogen-bond donors (Lipinski definition) is 0. The molecule has 0 bridgehead atoms. The Morgan fingerprint density at radius 3 is 2.12 bits per heavy atom. The number of nitrogens with zero attached hydrogens (tertiary/aromatic N) is 5. The first kappa shape index (κ1) is 14.1. The third-order valence-corrected chi connectivity index (χ3v) is 3.63. The maximum absolute atomic E-state index is 4.51. The van der Waals surface area contributed by atoms with E-state index >= 15 is 0 Å². The Kier molecular flexibility index (Phi) is 3.73. The fraction of sp³-hybridized carbons (Fsp3) is 0. The van der Waals surface area contributed by atoms with E-state index in [1.54, 1.807) is 18.7 Å². The number of hydrogen-bond acceptors (Lipinski definition) is 5. The Morgan fingerprint density at radius 1 is 0.583 bits per heavy atom. The second-order valence-electron chi connectivity index (χ2n) is 5.14. The zero-order valence-electron chi connectivity index (χ0n) is 12.7. The molecule has 0 saturated heterocycles. The molecule has 0 unspecified atom stereocenters. The first-order valence-corrected chi connectivity index (χ1v) is 7.53. The third-order valence-electron chi connectivity index (χ3n) is 3.63. The SMILES string of the molecule is c1ccc(-c2ncnc(-c3cccnn3)c2-c2ccccn2)cc1. The number of benzene rings is 1. The van der Waals surface area contributed by atoms with Crippen LogP contribution in [0.5, 0.6) is 0 Å². The molecule has 3 aromatic heterocycles. The molecule has 3 heterocycles. The number of aromatic nitrogens is 5. The highest BCUT2D eigenvalue weighted by molar-refractivity contribution is 5.88. The lowest BCUT2D eigenvalue weighted by molar-refractivity contribution is 1.02. The summed E-state index contributed by atoms with van der Waals surface area (Å²) in [6.45, 7) is 0. The van der Waals surface area contributed by atoms with E-state index < -0.39 is 0 Å². The summed E-state index contributed by atoms with van der Waals surface area (Å²) < 4.78 is 0. The van der Waals surface area contributed by atoms with Crippen molar-refractivity contribution in [3.8, 4) is 33.9 Å². The Balaban J connectivity index is 2.02. The van der Waals surface area contributed by atoms with Crippen LogP contribution in [0.1, 0.15) is 0 Å². The van der Waals surface area contributed by atoms with Gasteiger partial charge in [0, 0.05) is 18.0 Å². The lowest BCUT2D eigenvalue weighted by atomic mass is 9.99. The van der Waals surface area contributed by atoms with Gasteiger partial charge in [-0.25, -0.2) is 9.97 Å². The monoisotopic (exact) mass is 311 g/mol. The van der Waals surface area contributed by atoms with Crippen LogP contribution in [0.2, 0.25) is 0 Å². The summed E-state index contributed by atoms with van der Waals surface area (Å²) in [4.78, 5) is 13.5. The highest BCUT2D eigenvalue weighted by atomic mass is 15.1. The molecule has 4 aromatic rings. The Hall–Kier alpha value is -3.47. The molecule has 4 rings (SSSR count). The van der Waals surface area contributed by atoms with Gasteiger partial charge < -0.3 is 0 Å². The summed E-state index contributed by atoms with van der Waals surface area (Å²) in [5.74, 6) is 0. The minimum atomic E-state index is 0.692. The van der Waals surface area contributed by atoms with E-state index in [-0.39, 0.29) is 0 Å². The van der Waals surface area contributed by atoms with Gasteiger partial charge in [0.1, 0.15) is 17.7 Å². The number of pyridine rings is 1. The van der Waals surface area contributed by atoms with Crippen LogP contribution in [0.25, 0.3) is 33.9 Å². The largest absolute Gasteiger partial charge is 0.256 e. The highest BCUT2D eigenvalue weighted by Gasteiger charge is 2.18. The Morgan fingerprint density at radius 2 is 1.38 bits per heavy atom. The molecule has 0 spiro atoms. The topological polar surface area (TPSA) is 64.5 Å². The van der Waals surface area contributed by atoms with E-state index in [0.29, 0.717) is 5.69 Å². The molecule has 1 aromatic carbocycles. The van der Waals surface area contributed by atoms with Crippen molar-refractivity contribution in [2.75, 3.05) is 0 Å². The molecule has 0 aliphatic carbocycles. The highest BCUT2D eigenvalue weighted by Crippen LogP contribution is 2.35. The van der Waals surface area contributed by atoms with Crippen LogP contribution >= 0.6 is 0 Å². The van der Waals surface area contributed by atoms with Gasteiger partial charge in [0.15, 0.2) is 0 Å². The minimum Gasteiger partial charge on any atom is -0.256 e. The average molecular weight is 311 g/mol. The van der Waals surface area contributed by atoms with Crippen molar-refractivity contribution < 1.29 is 0 Å². The lowest BCUT2D eigenvalue weighted by Gasteiger charge is -2.12. The van der Waals surface area contributed by atoms with E-state index in [9.17, 15) is 0 Å². The smallest absolute Gasteiger partial charge is 0.116 e. The third kappa shape index (κ3) is 2.63. The van der Waals surface area contributed by atoms with Gasteiger partial charge >= 0.3 is 0 Å². The van der Waals surface area contributed by atoms with Crippen LogP contribution in [0, 0.1) is 0 Å². The normalized spacial score (nSPS) is 10.5. The standard InChI is InChI=1S/C19H13N5/c1-2-7-14(8-3-1)18-17(15-9-4-5-11-20-15)19(22-13-21-18)16-10-6-12-23-24-16/h1-13H.